The molecule has 0 saturated heterocycles. The number of ketones is 2. The van der Waals surface area contributed by atoms with E-state index in [1.54, 1.807) is 0 Å². The van der Waals surface area contributed by atoms with Gasteiger partial charge >= 0.3 is 0 Å². The van der Waals surface area contributed by atoms with Crippen molar-refractivity contribution in [2.24, 2.45) is 5.92 Å². The predicted molar refractivity (Wildman–Crippen MR) is 96.3 cm³/mol. The fourth-order valence-corrected chi connectivity index (χ4v) is 3.78. The van der Waals surface area contributed by atoms with Crippen LogP contribution >= 0.6 is 23.2 Å². The number of Topliss-reactive ketones (excluding diaryl/α,β-unsaturated/α-hetero) is 2. The molecule has 0 amide bonds. The van der Waals surface area contributed by atoms with E-state index < -0.39 is 39.8 Å². The highest BCUT2D eigenvalue weighted by molar-refractivity contribution is 6.35. The van der Waals surface area contributed by atoms with E-state index in [-0.39, 0.29) is 27.4 Å². The zero-order valence-corrected chi connectivity index (χ0v) is 14.9. The summed E-state index contributed by atoms with van der Waals surface area (Å²) in [7, 11) is 0. The number of rotatable bonds is 5. The number of halogens is 2. The summed E-state index contributed by atoms with van der Waals surface area (Å²) in [6.07, 6.45) is 0. The second-order valence-corrected chi connectivity index (χ2v) is 6.82. The highest BCUT2D eigenvalue weighted by atomic mass is 35.5. The van der Waals surface area contributed by atoms with Crippen molar-refractivity contribution in [2.45, 2.75) is 5.92 Å². The molecule has 0 spiro atoms. The monoisotopic (exact) mass is 408 g/mol. The molecule has 0 aliphatic heterocycles. The molecule has 27 heavy (non-hydrogen) atoms. The lowest BCUT2D eigenvalue weighted by Gasteiger charge is -2.19. The third-order valence-corrected chi connectivity index (χ3v) is 4.98. The van der Waals surface area contributed by atoms with Gasteiger partial charge in [0.25, 0.3) is 5.69 Å². The summed E-state index contributed by atoms with van der Waals surface area (Å²) in [4.78, 5) is 46.4. The number of hydrogen-bond acceptors (Lipinski definition) is 6. The van der Waals surface area contributed by atoms with Gasteiger partial charge in [-0.25, -0.2) is 0 Å². The van der Waals surface area contributed by atoms with Crippen LogP contribution < -0.4 is 0 Å². The van der Waals surface area contributed by atoms with Gasteiger partial charge in [-0.05, 0) is 23.8 Å². The molecule has 10 heteroatoms. The molecule has 0 aromatic heterocycles. The molecule has 0 N–H and O–H groups in total. The number of nitro groups is 2. The van der Waals surface area contributed by atoms with Crippen molar-refractivity contribution in [3.8, 4) is 0 Å². The van der Waals surface area contributed by atoms with Crippen LogP contribution in [0.2, 0.25) is 10.0 Å². The number of hydrogen-bond donors (Lipinski definition) is 0. The Morgan fingerprint density at radius 1 is 0.963 bits per heavy atom. The molecule has 8 nitrogen and oxygen atoms in total. The molecule has 0 radical (unpaired) electrons. The molecule has 1 aliphatic carbocycles. The number of fused-ring (bicyclic) bond motifs is 1. The smallest absolute Gasteiger partial charge is 0.270 e. The largest absolute Gasteiger partial charge is 0.293 e. The quantitative estimate of drug-likeness (QED) is 0.419. The SMILES string of the molecule is O=C1c2ccc([N+](=O)[O-])cc2C(=O)C1C(C[N+](=O)[O-])c1ccc(Cl)cc1Cl. The van der Waals surface area contributed by atoms with Crippen LogP contribution in [0.4, 0.5) is 5.69 Å². The van der Waals surface area contributed by atoms with Crippen LogP contribution in [-0.2, 0) is 0 Å². The van der Waals surface area contributed by atoms with Gasteiger partial charge in [-0.3, -0.25) is 29.8 Å². The van der Waals surface area contributed by atoms with E-state index in [1.165, 1.54) is 24.3 Å². The maximum atomic E-state index is 12.8. The minimum atomic E-state index is -1.38. The second kappa shape index (κ2) is 7.05. The Labute approximate surface area is 162 Å². The maximum Gasteiger partial charge on any atom is 0.270 e. The van der Waals surface area contributed by atoms with Crippen molar-refractivity contribution in [1.82, 2.24) is 0 Å². The van der Waals surface area contributed by atoms with E-state index in [4.69, 9.17) is 23.2 Å². The van der Waals surface area contributed by atoms with Gasteiger partial charge in [-0.1, -0.05) is 29.3 Å². The fraction of sp³-hybridized carbons (Fsp3) is 0.176. The molecule has 2 aromatic carbocycles. The van der Waals surface area contributed by atoms with Gasteiger partial charge < -0.3 is 0 Å². The van der Waals surface area contributed by atoms with Crippen molar-refractivity contribution < 1.29 is 19.4 Å². The van der Waals surface area contributed by atoms with E-state index in [0.29, 0.717) is 5.02 Å². The summed E-state index contributed by atoms with van der Waals surface area (Å²) in [6.45, 7) is -0.709. The minimum absolute atomic E-state index is 0.00836. The van der Waals surface area contributed by atoms with Crippen LogP contribution in [0.3, 0.4) is 0 Å². The molecule has 2 aromatic rings. The summed E-state index contributed by atoms with van der Waals surface area (Å²) in [5.74, 6) is -3.83. The molecular formula is C17H10Cl2N2O6. The van der Waals surface area contributed by atoms with Gasteiger partial charge in [-0.2, -0.15) is 0 Å². The Morgan fingerprint density at radius 3 is 2.22 bits per heavy atom. The first kappa shape index (κ1) is 18.9. The summed E-state index contributed by atoms with van der Waals surface area (Å²) in [5, 5.41) is 22.5. The van der Waals surface area contributed by atoms with Crippen molar-refractivity contribution in [2.75, 3.05) is 6.54 Å². The third-order valence-electron chi connectivity index (χ3n) is 4.42. The third kappa shape index (κ3) is 3.41. The van der Waals surface area contributed by atoms with Crippen molar-refractivity contribution in [3.05, 3.63) is 83.4 Å². The van der Waals surface area contributed by atoms with Crippen molar-refractivity contribution in [1.29, 1.82) is 0 Å². The van der Waals surface area contributed by atoms with Crippen LogP contribution in [0.15, 0.2) is 36.4 Å². The Kier molecular flexibility index (Phi) is 4.95. The zero-order chi connectivity index (χ0) is 19.9. The lowest BCUT2D eigenvalue weighted by atomic mass is 9.82. The van der Waals surface area contributed by atoms with E-state index in [1.807, 2.05) is 0 Å². The van der Waals surface area contributed by atoms with Gasteiger partial charge in [0.2, 0.25) is 6.54 Å². The standard InChI is InChI=1S/C17H10Cl2N2O6/c18-8-1-3-10(14(19)5-8)13(7-20(24)25)15-16(22)11-4-2-9(21(26)27)6-12(11)17(15)23/h1-6,13,15H,7H2. The zero-order valence-electron chi connectivity index (χ0n) is 13.4. The Hall–Kier alpha value is -2.84. The second-order valence-electron chi connectivity index (χ2n) is 5.98. The van der Waals surface area contributed by atoms with E-state index in [0.717, 1.165) is 12.1 Å². The van der Waals surface area contributed by atoms with Gasteiger partial charge in [0.05, 0.1) is 16.8 Å². The molecule has 1 aliphatic rings. The molecule has 0 heterocycles. The number of non-ortho nitro benzene ring substituents is 1. The van der Waals surface area contributed by atoms with Gasteiger partial charge in [0.1, 0.15) is 0 Å². The topological polar surface area (TPSA) is 120 Å². The highest BCUT2D eigenvalue weighted by Crippen LogP contribution is 2.40. The number of nitrogens with zero attached hydrogens (tertiary/aromatic N) is 2. The summed E-state index contributed by atoms with van der Waals surface area (Å²) in [5.41, 5.74) is -0.204. The van der Waals surface area contributed by atoms with Gasteiger partial charge in [0, 0.05) is 38.2 Å². The van der Waals surface area contributed by atoms with Crippen LogP contribution in [-0.4, -0.2) is 28.0 Å². The minimum Gasteiger partial charge on any atom is -0.293 e. The van der Waals surface area contributed by atoms with Crippen LogP contribution in [0.5, 0.6) is 0 Å². The van der Waals surface area contributed by atoms with E-state index in [9.17, 15) is 29.8 Å². The molecular weight excluding hydrogens is 399 g/mol. The molecule has 3 rings (SSSR count). The predicted octanol–water partition coefficient (Wildman–Crippen LogP) is 3.96. The normalized spacial score (nSPS) is 16.9. The average molecular weight is 409 g/mol. The molecule has 0 bridgehead atoms. The van der Waals surface area contributed by atoms with Gasteiger partial charge in [0.15, 0.2) is 11.6 Å². The molecule has 2 unspecified atom stereocenters. The fourth-order valence-electron chi connectivity index (χ4n) is 3.23. The molecule has 0 fully saturated rings. The Bertz CT molecular complexity index is 1010. The van der Waals surface area contributed by atoms with E-state index >= 15 is 0 Å². The molecule has 2 atom stereocenters. The number of carbonyl (C=O) groups is 2. The highest BCUT2D eigenvalue weighted by Gasteiger charge is 2.46. The first-order valence-corrected chi connectivity index (χ1v) is 8.40. The first-order valence-electron chi connectivity index (χ1n) is 7.64. The number of nitro benzene ring substituents is 1. The van der Waals surface area contributed by atoms with E-state index in [2.05, 4.69) is 0 Å². The van der Waals surface area contributed by atoms with Crippen LogP contribution in [0.25, 0.3) is 0 Å². The first-order chi connectivity index (χ1) is 12.7. The van der Waals surface area contributed by atoms with Crippen LogP contribution in [0.1, 0.15) is 32.2 Å². The Morgan fingerprint density at radius 2 is 1.63 bits per heavy atom. The number of carbonyl (C=O) groups excluding carboxylic acids is 2. The molecule has 138 valence electrons. The lowest BCUT2D eigenvalue weighted by Crippen LogP contribution is -2.29. The van der Waals surface area contributed by atoms with Crippen molar-refractivity contribution in [3.63, 3.8) is 0 Å². The average Bonchev–Trinajstić information content (AvgIpc) is 2.83. The molecule has 0 saturated carbocycles. The van der Waals surface area contributed by atoms with Gasteiger partial charge in [-0.15, -0.1) is 0 Å². The summed E-state index contributed by atoms with van der Waals surface area (Å²) in [6, 6.07) is 7.59. The van der Waals surface area contributed by atoms with Crippen LogP contribution in [0, 0.1) is 26.1 Å². The summed E-state index contributed by atoms with van der Waals surface area (Å²) < 4.78 is 0. The number of benzene rings is 2. The maximum absolute atomic E-state index is 12.8. The lowest BCUT2D eigenvalue weighted by molar-refractivity contribution is -0.484. The Balaban J connectivity index is 2.10. The summed E-state index contributed by atoms with van der Waals surface area (Å²) >= 11 is 12.0. The van der Waals surface area contributed by atoms with Crippen molar-refractivity contribution >= 4 is 40.5 Å².